The molecule has 0 N–H and O–H groups in total. The first-order valence-electron chi connectivity index (χ1n) is 4.86. The van der Waals surface area contributed by atoms with Crippen LogP contribution in [0.25, 0.3) is 0 Å². The number of hydrogen-bond acceptors (Lipinski definition) is 2. The summed E-state index contributed by atoms with van der Waals surface area (Å²) in [4.78, 5) is 10.6. The van der Waals surface area contributed by atoms with Gasteiger partial charge in [-0.3, -0.25) is 4.79 Å². The van der Waals surface area contributed by atoms with Gasteiger partial charge in [-0.2, -0.15) is 13.2 Å². The minimum Gasteiger partial charge on any atom is -0.298 e. The minimum absolute atomic E-state index is 0.0282. The topological polar surface area (TPSA) is 17.1 Å². The highest BCUT2D eigenvalue weighted by atomic mass is 79.9. The summed E-state index contributed by atoms with van der Waals surface area (Å²) in [6, 6.07) is 4.56. The highest BCUT2D eigenvalue weighted by molar-refractivity contribution is 9.09. The number of rotatable bonds is 5. The number of alkyl halides is 4. The molecule has 0 aliphatic carbocycles. The molecule has 94 valence electrons. The van der Waals surface area contributed by atoms with Crippen molar-refractivity contribution in [2.75, 3.05) is 5.33 Å². The predicted molar refractivity (Wildman–Crippen MR) is 65.9 cm³/mol. The van der Waals surface area contributed by atoms with E-state index >= 15 is 0 Å². The Bertz CT molecular complexity index is 393. The van der Waals surface area contributed by atoms with Crippen molar-refractivity contribution in [2.24, 2.45) is 0 Å². The van der Waals surface area contributed by atoms with Gasteiger partial charge in [0.05, 0.1) is 0 Å². The summed E-state index contributed by atoms with van der Waals surface area (Å²) in [6.07, 6.45) is 1.98. The fourth-order valence-corrected chi connectivity index (χ4v) is 2.29. The van der Waals surface area contributed by atoms with Gasteiger partial charge in [0.2, 0.25) is 0 Å². The van der Waals surface area contributed by atoms with Gasteiger partial charge in [-0.1, -0.05) is 28.1 Å². The first-order chi connectivity index (χ1) is 7.96. The Hall–Kier alpha value is -0.490. The molecular formula is C11H10BrF3OS. The quantitative estimate of drug-likeness (QED) is 0.452. The second kappa shape index (κ2) is 6.44. The number of carbonyl (C=O) groups is 1. The summed E-state index contributed by atoms with van der Waals surface area (Å²) in [5.41, 5.74) is -3.48. The highest BCUT2D eigenvalue weighted by Crippen LogP contribution is 2.38. The molecule has 0 unspecified atom stereocenters. The van der Waals surface area contributed by atoms with Crippen molar-refractivity contribution in [1.82, 2.24) is 0 Å². The van der Waals surface area contributed by atoms with E-state index in [1.807, 2.05) is 0 Å². The Morgan fingerprint density at radius 3 is 2.59 bits per heavy atom. The lowest BCUT2D eigenvalue weighted by molar-refractivity contribution is -0.0328. The molecule has 0 radical (unpaired) electrons. The lowest BCUT2D eigenvalue weighted by atomic mass is 10.1. The van der Waals surface area contributed by atoms with E-state index in [1.165, 1.54) is 12.1 Å². The van der Waals surface area contributed by atoms with Crippen LogP contribution in [0, 0.1) is 0 Å². The fourth-order valence-electron chi connectivity index (χ4n) is 1.32. The van der Waals surface area contributed by atoms with Gasteiger partial charge in [-0.25, -0.2) is 0 Å². The smallest absolute Gasteiger partial charge is 0.298 e. The second-order valence-electron chi connectivity index (χ2n) is 3.33. The number of halogens is 4. The zero-order chi connectivity index (χ0) is 12.9. The van der Waals surface area contributed by atoms with E-state index < -0.39 is 5.51 Å². The van der Waals surface area contributed by atoms with E-state index in [0.717, 1.165) is 17.3 Å². The SMILES string of the molecule is O=Cc1ccc(CCCBr)cc1SC(F)(F)F. The van der Waals surface area contributed by atoms with Gasteiger partial charge in [-0.05, 0) is 36.2 Å². The first-order valence-corrected chi connectivity index (χ1v) is 6.80. The zero-order valence-electron chi connectivity index (χ0n) is 8.76. The van der Waals surface area contributed by atoms with E-state index in [1.54, 1.807) is 6.07 Å². The summed E-state index contributed by atoms with van der Waals surface area (Å²) in [5, 5.41) is 0.796. The van der Waals surface area contributed by atoms with Gasteiger partial charge in [0.15, 0.2) is 6.29 Å². The molecule has 1 aromatic carbocycles. The van der Waals surface area contributed by atoms with Gasteiger partial charge in [0, 0.05) is 15.8 Å². The number of thioether (sulfide) groups is 1. The maximum atomic E-state index is 12.3. The summed E-state index contributed by atoms with van der Waals surface area (Å²) >= 11 is 3.02. The average Bonchev–Trinajstić information content (AvgIpc) is 2.24. The maximum absolute atomic E-state index is 12.3. The van der Waals surface area contributed by atoms with Crippen LogP contribution < -0.4 is 0 Å². The number of aryl methyl sites for hydroxylation is 1. The third-order valence-corrected chi connectivity index (χ3v) is 3.40. The molecule has 0 heterocycles. The Labute approximate surface area is 110 Å². The predicted octanol–water partition coefficient (Wildman–Crippen LogP) is 4.44. The van der Waals surface area contributed by atoms with Crippen LogP contribution >= 0.6 is 27.7 Å². The molecule has 6 heteroatoms. The van der Waals surface area contributed by atoms with E-state index in [4.69, 9.17) is 0 Å². The van der Waals surface area contributed by atoms with E-state index in [-0.39, 0.29) is 22.2 Å². The monoisotopic (exact) mass is 326 g/mol. The highest BCUT2D eigenvalue weighted by Gasteiger charge is 2.30. The van der Waals surface area contributed by atoms with Crippen molar-refractivity contribution >= 4 is 34.0 Å². The van der Waals surface area contributed by atoms with Crippen molar-refractivity contribution in [3.05, 3.63) is 29.3 Å². The third kappa shape index (κ3) is 5.12. The van der Waals surface area contributed by atoms with Crippen LogP contribution in [0.3, 0.4) is 0 Å². The normalized spacial score (nSPS) is 11.5. The molecule has 0 aromatic heterocycles. The van der Waals surface area contributed by atoms with Gasteiger partial charge in [0.1, 0.15) is 0 Å². The molecule has 0 amide bonds. The molecule has 0 bridgehead atoms. The molecule has 17 heavy (non-hydrogen) atoms. The van der Waals surface area contributed by atoms with E-state index in [0.29, 0.717) is 12.7 Å². The van der Waals surface area contributed by atoms with Crippen LogP contribution in [0.5, 0.6) is 0 Å². The lowest BCUT2D eigenvalue weighted by Crippen LogP contribution is -2.01. The number of aldehydes is 1. The molecule has 0 atom stereocenters. The molecule has 0 saturated carbocycles. The number of carbonyl (C=O) groups excluding carboxylic acids is 1. The van der Waals surface area contributed by atoms with E-state index in [2.05, 4.69) is 15.9 Å². The molecule has 0 aliphatic rings. The van der Waals surface area contributed by atoms with E-state index in [9.17, 15) is 18.0 Å². The zero-order valence-corrected chi connectivity index (χ0v) is 11.2. The van der Waals surface area contributed by atoms with Gasteiger partial charge in [-0.15, -0.1) is 0 Å². The molecule has 0 aliphatic heterocycles. The molecule has 0 fully saturated rings. The average molecular weight is 327 g/mol. The van der Waals surface area contributed by atoms with Crippen molar-refractivity contribution in [3.8, 4) is 0 Å². The molecule has 1 nitrogen and oxygen atoms in total. The first kappa shape index (κ1) is 14.6. The van der Waals surface area contributed by atoms with Crippen molar-refractivity contribution in [3.63, 3.8) is 0 Å². The Balaban J connectivity index is 2.94. The van der Waals surface area contributed by atoms with Crippen LogP contribution in [0.15, 0.2) is 23.1 Å². The Kier molecular flexibility index (Phi) is 5.52. The summed E-state index contributed by atoms with van der Waals surface area (Å²) in [6.45, 7) is 0. The number of benzene rings is 1. The molecule has 1 rings (SSSR count). The van der Waals surface area contributed by atoms with Crippen LogP contribution in [-0.2, 0) is 6.42 Å². The molecule has 1 aromatic rings. The van der Waals surface area contributed by atoms with Crippen molar-refractivity contribution in [1.29, 1.82) is 0 Å². The number of hydrogen-bond donors (Lipinski definition) is 0. The molecular weight excluding hydrogens is 317 g/mol. The van der Waals surface area contributed by atoms with Crippen LogP contribution in [0.4, 0.5) is 13.2 Å². The van der Waals surface area contributed by atoms with Gasteiger partial charge < -0.3 is 0 Å². The minimum atomic E-state index is -4.37. The Morgan fingerprint density at radius 2 is 2.06 bits per heavy atom. The van der Waals surface area contributed by atoms with Crippen molar-refractivity contribution in [2.45, 2.75) is 23.2 Å². The lowest BCUT2D eigenvalue weighted by Gasteiger charge is -2.09. The third-order valence-electron chi connectivity index (χ3n) is 2.03. The maximum Gasteiger partial charge on any atom is 0.446 e. The second-order valence-corrected chi connectivity index (χ2v) is 5.23. The van der Waals surface area contributed by atoms with Gasteiger partial charge >= 0.3 is 5.51 Å². The fraction of sp³-hybridized carbons (Fsp3) is 0.364. The largest absolute Gasteiger partial charge is 0.446 e. The van der Waals surface area contributed by atoms with Crippen LogP contribution in [-0.4, -0.2) is 17.1 Å². The Morgan fingerprint density at radius 1 is 1.35 bits per heavy atom. The van der Waals surface area contributed by atoms with Crippen LogP contribution in [0.2, 0.25) is 0 Å². The van der Waals surface area contributed by atoms with Crippen molar-refractivity contribution < 1.29 is 18.0 Å². The summed E-state index contributed by atoms with van der Waals surface area (Å²) in [7, 11) is 0. The standard InChI is InChI=1S/C11H10BrF3OS/c12-5-1-2-8-3-4-9(7-16)10(6-8)17-11(13,14)15/h3-4,6-7H,1-2,5H2. The van der Waals surface area contributed by atoms with Gasteiger partial charge in [0.25, 0.3) is 0 Å². The molecule has 0 saturated heterocycles. The molecule has 0 spiro atoms. The summed E-state index contributed by atoms with van der Waals surface area (Å²) in [5.74, 6) is 0. The summed E-state index contributed by atoms with van der Waals surface area (Å²) < 4.78 is 36.8. The van der Waals surface area contributed by atoms with Crippen LogP contribution in [0.1, 0.15) is 22.3 Å².